The fourth-order valence-electron chi connectivity index (χ4n) is 1.87. The van der Waals surface area contributed by atoms with Gasteiger partial charge in [0, 0.05) is 6.42 Å². The first-order valence-corrected chi connectivity index (χ1v) is 6.13. The maximum atomic E-state index is 9.75. The molecule has 0 aromatic carbocycles. The monoisotopic (exact) mass is 224 g/mol. The van der Waals surface area contributed by atoms with Crippen molar-refractivity contribution in [1.29, 1.82) is 0 Å². The zero-order valence-corrected chi connectivity index (χ0v) is 10.0. The summed E-state index contributed by atoms with van der Waals surface area (Å²) in [4.78, 5) is 4.30. The van der Waals surface area contributed by atoms with Gasteiger partial charge in [-0.15, -0.1) is 0 Å². The van der Waals surface area contributed by atoms with Crippen LogP contribution in [0.3, 0.4) is 0 Å². The van der Waals surface area contributed by atoms with Gasteiger partial charge in [-0.1, -0.05) is 19.0 Å². The second kappa shape index (κ2) is 4.95. The summed E-state index contributed by atoms with van der Waals surface area (Å²) in [6.07, 6.45) is 4.41. The van der Waals surface area contributed by atoms with E-state index < -0.39 is 0 Å². The van der Waals surface area contributed by atoms with Gasteiger partial charge in [-0.05, 0) is 31.1 Å². The second-order valence-electron chi connectivity index (χ2n) is 5.24. The van der Waals surface area contributed by atoms with Gasteiger partial charge in [-0.3, -0.25) is 0 Å². The summed E-state index contributed by atoms with van der Waals surface area (Å²) >= 11 is 0. The molecule has 1 heterocycles. The van der Waals surface area contributed by atoms with Crippen LogP contribution in [0, 0.1) is 11.8 Å². The summed E-state index contributed by atoms with van der Waals surface area (Å²) in [5.74, 6) is 2.63. The third kappa shape index (κ3) is 3.59. The van der Waals surface area contributed by atoms with Crippen LogP contribution in [0.5, 0.6) is 0 Å². The van der Waals surface area contributed by atoms with Crippen molar-refractivity contribution >= 4 is 0 Å². The van der Waals surface area contributed by atoms with Crippen molar-refractivity contribution in [2.45, 2.75) is 52.1 Å². The van der Waals surface area contributed by atoms with Gasteiger partial charge in [0.15, 0.2) is 5.82 Å². The molecule has 1 saturated carbocycles. The van der Waals surface area contributed by atoms with E-state index in [0.717, 1.165) is 24.6 Å². The minimum absolute atomic E-state index is 0.366. The van der Waals surface area contributed by atoms with Crippen molar-refractivity contribution in [2.75, 3.05) is 0 Å². The predicted octanol–water partition coefficient (Wildman–Crippen LogP) is 1.97. The van der Waals surface area contributed by atoms with Crippen LogP contribution in [0.2, 0.25) is 0 Å². The lowest BCUT2D eigenvalue weighted by Gasteiger charge is -2.09. The minimum atomic E-state index is -0.366. The standard InChI is InChI=1S/C12H20N2O2/c1-8(2)5-10(15)7-12-13-11(14-16-12)6-9-3-4-9/h8-10,15H,3-7H2,1-2H3. The lowest BCUT2D eigenvalue weighted by molar-refractivity contribution is 0.138. The average Bonchev–Trinajstić information content (AvgIpc) is 2.86. The highest BCUT2D eigenvalue weighted by Crippen LogP contribution is 2.31. The van der Waals surface area contributed by atoms with Gasteiger partial charge in [0.1, 0.15) is 0 Å². The lowest BCUT2D eigenvalue weighted by Crippen LogP contribution is -2.13. The van der Waals surface area contributed by atoms with Crippen LogP contribution in [-0.2, 0) is 12.8 Å². The molecule has 0 bridgehead atoms. The summed E-state index contributed by atoms with van der Waals surface area (Å²) in [5.41, 5.74) is 0. The van der Waals surface area contributed by atoms with Crippen molar-refractivity contribution in [2.24, 2.45) is 11.8 Å². The molecule has 1 fully saturated rings. The van der Waals surface area contributed by atoms with E-state index in [1.807, 2.05) is 0 Å². The molecular weight excluding hydrogens is 204 g/mol. The third-order valence-electron chi connectivity index (χ3n) is 2.83. The summed E-state index contributed by atoms with van der Waals surface area (Å²) in [6, 6.07) is 0. The first kappa shape index (κ1) is 11.6. The number of nitrogens with zero attached hydrogens (tertiary/aromatic N) is 2. The molecule has 1 aliphatic rings. The Balaban J connectivity index is 1.81. The predicted molar refractivity (Wildman–Crippen MR) is 59.9 cm³/mol. The fraction of sp³-hybridized carbons (Fsp3) is 0.833. The molecule has 4 nitrogen and oxygen atoms in total. The van der Waals surface area contributed by atoms with Crippen LogP contribution < -0.4 is 0 Å². The Labute approximate surface area is 96.1 Å². The third-order valence-corrected chi connectivity index (χ3v) is 2.83. The Morgan fingerprint density at radius 1 is 1.44 bits per heavy atom. The van der Waals surface area contributed by atoms with Crippen LogP contribution in [-0.4, -0.2) is 21.4 Å². The molecule has 0 amide bonds. The van der Waals surface area contributed by atoms with Gasteiger partial charge in [0.05, 0.1) is 12.5 Å². The van der Waals surface area contributed by atoms with Crippen molar-refractivity contribution in [3.63, 3.8) is 0 Å². The molecule has 0 radical (unpaired) electrons. The number of aliphatic hydroxyl groups excluding tert-OH is 1. The topological polar surface area (TPSA) is 59.2 Å². The molecule has 0 spiro atoms. The average molecular weight is 224 g/mol. The molecule has 90 valence electrons. The Morgan fingerprint density at radius 3 is 2.81 bits per heavy atom. The maximum Gasteiger partial charge on any atom is 0.229 e. The van der Waals surface area contributed by atoms with E-state index in [2.05, 4.69) is 24.0 Å². The maximum absolute atomic E-state index is 9.75. The van der Waals surface area contributed by atoms with Crippen LogP contribution in [0.25, 0.3) is 0 Å². The smallest absolute Gasteiger partial charge is 0.229 e. The zero-order chi connectivity index (χ0) is 11.5. The van der Waals surface area contributed by atoms with E-state index in [9.17, 15) is 5.11 Å². The van der Waals surface area contributed by atoms with Crippen molar-refractivity contribution in [3.8, 4) is 0 Å². The molecule has 1 aromatic rings. The lowest BCUT2D eigenvalue weighted by atomic mass is 10.0. The van der Waals surface area contributed by atoms with Crippen LogP contribution in [0.15, 0.2) is 4.52 Å². The van der Waals surface area contributed by atoms with Gasteiger partial charge in [-0.25, -0.2) is 0 Å². The van der Waals surface area contributed by atoms with Crippen molar-refractivity contribution < 1.29 is 9.63 Å². The molecule has 1 aliphatic carbocycles. The number of aliphatic hydroxyl groups is 1. The van der Waals surface area contributed by atoms with E-state index in [-0.39, 0.29) is 6.10 Å². The normalized spacial score (nSPS) is 18.0. The van der Waals surface area contributed by atoms with Crippen molar-refractivity contribution in [1.82, 2.24) is 10.1 Å². The van der Waals surface area contributed by atoms with Gasteiger partial charge in [-0.2, -0.15) is 4.98 Å². The van der Waals surface area contributed by atoms with Crippen LogP contribution in [0.4, 0.5) is 0 Å². The quantitative estimate of drug-likeness (QED) is 0.802. The van der Waals surface area contributed by atoms with E-state index >= 15 is 0 Å². The Morgan fingerprint density at radius 2 is 2.19 bits per heavy atom. The van der Waals surface area contributed by atoms with E-state index in [0.29, 0.717) is 18.2 Å². The van der Waals surface area contributed by atoms with Gasteiger partial charge < -0.3 is 9.63 Å². The molecule has 2 rings (SSSR count). The Kier molecular flexibility index (Phi) is 3.59. The van der Waals surface area contributed by atoms with Gasteiger partial charge >= 0.3 is 0 Å². The largest absolute Gasteiger partial charge is 0.393 e. The molecule has 1 N–H and O–H groups in total. The Hall–Kier alpha value is -0.900. The molecule has 0 saturated heterocycles. The fourth-order valence-corrected chi connectivity index (χ4v) is 1.87. The first-order valence-electron chi connectivity index (χ1n) is 6.13. The molecule has 1 unspecified atom stereocenters. The number of hydrogen-bond acceptors (Lipinski definition) is 4. The zero-order valence-electron chi connectivity index (χ0n) is 10.0. The van der Waals surface area contributed by atoms with E-state index in [1.54, 1.807) is 0 Å². The summed E-state index contributed by atoms with van der Waals surface area (Å²) < 4.78 is 5.12. The van der Waals surface area contributed by atoms with Gasteiger partial charge in [0.2, 0.25) is 5.89 Å². The van der Waals surface area contributed by atoms with E-state index in [4.69, 9.17) is 4.52 Å². The summed E-state index contributed by atoms with van der Waals surface area (Å²) in [6.45, 7) is 4.19. The van der Waals surface area contributed by atoms with Crippen molar-refractivity contribution in [3.05, 3.63) is 11.7 Å². The van der Waals surface area contributed by atoms with Crippen LogP contribution in [0.1, 0.15) is 44.8 Å². The number of aromatic nitrogens is 2. The number of rotatable bonds is 6. The second-order valence-corrected chi connectivity index (χ2v) is 5.24. The molecule has 0 aliphatic heterocycles. The molecule has 4 heteroatoms. The first-order chi connectivity index (χ1) is 7.63. The molecule has 1 atom stereocenters. The Bertz CT molecular complexity index is 332. The van der Waals surface area contributed by atoms with Gasteiger partial charge in [0.25, 0.3) is 0 Å². The molecular formula is C12H20N2O2. The van der Waals surface area contributed by atoms with Crippen LogP contribution >= 0.6 is 0 Å². The molecule has 16 heavy (non-hydrogen) atoms. The molecule has 1 aromatic heterocycles. The summed E-state index contributed by atoms with van der Waals surface area (Å²) in [7, 11) is 0. The highest BCUT2D eigenvalue weighted by Gasteiger charge is 2.24. The minimum Gasteiger partial charge on any atom is -0.393 e. The highest BCUT2D eigenvalue weighted by atomic mass is 16.5. The SMILES string of the molecule is CC(C)CC(O)Cc1nc(CC2CC2)no1. The number of hydrogen-bond donors (Lipinski definition) is 1. The van der Waals surface area contributed by atoms with E-state index in [1.165, 1.54) is 12.8 Å². The summed E-state index contributed by atoms with van der Waals surface area (Å²) in [5, 5.41) is 13.7. The highest BCUT2D eigenvalue weighted by molar-refractivity contribution is 4.93.